The Morgan fingerprint density at radius 2 is 1.36 bits per heavy atom. The van der Waals surface area contributed by atoms with Gasteiger partial charge in [0.05, 0.1) is 12.4 Å². The molecule has 5 atom stereocenters. The quantitative estimate of drug-likeness (QED) is 0.214. The Kier molecular flexibility index (Phi) is 10.3. The SMILES string of the molecule is CC(=O)OC[C@@H]1O[C@@H](n2cc(-c3cn(CC(=O)OCc4ccccc4)nn3)nn2)[C@H](OC(C)=O)[C@H](OC(C)=O)[C@H]1OC(C)=O. The summed E-state index contributed by atoms with van der Waals surface area (Å²) in [5.74, 6) is -3.46. The van der Waals surface area contributed by atoms with Crippen LogP contribution in [0, 0.1) is 0 Å². The molecular formula is C27H30N6O11. The van der Waals surface area contributed by atoms with Gasteiger partial charge in [-0.3, -0.25) is 24.0 Å². The van der Waals surface area contributed by atoms with Gasteiger partial charge in [-0.1, -0.05) is 40.8 Å². The van der Waals surface area contributed by atoms with E-state index in [-0.39, 0.29) is 24.5 Å². The average Bonchev–Trinajstić information content (AvgIpc) is 3.63. The Hall–Kier alpha value is -5.19. The number of ether oxygens (including phenoxy) is 6. The fourth-order valence-corrected chi connectivity index (χ4v) is 4.35. The van der Waals surface area contributed by atoms with Gasteiger partial charge in [0.2, 0.25) is 0 Å². The van der Waals surface area contributed by atoms with Crippen LogP contribution < -0.4 is 0 Å². The van der Waals surface area contributed by atoms with Gasteiger partial charge in [0, 0.05) is 27.7 Å². The summed E-state index contributed by atoms with van der Waals surface area (Å²) in [6, 6.07) is 9.18. The van der Waals surface area contributed by atoms with Crippen molar-refractivity contribution < 1.29 is 52.4 Å². The molecule has 17 nitrogen and oxygen atoms in total. The van der Waals surface area contributed by atoms with E-state index >= 15 is 0 Å². The van der Waals surface area contributed by atoms with Crippen LogP contribution in [0.4, 0.5) is 0 Å². The third kappa shape index (κ3) is 8.43. The molecule has 0 spiro atoms. The Morgan fingerprint density at radius 3 is 2.02 bits per heavy atom. The van der Waals surface area contributed by atoms with Gasteiger partial charge >= 0.3 is 29.8 Å². The Bertz CT molecular complexity index is 1490. The van der Waals surface area contributed by atoms with Gasteiger partial charge in [0.15, 0.2) is 24.5 Å². The topological polar surface area (TPSA) is 202 Å². The number of esters is 5. The third-order valence-corrected chi connectivity index (χ3v) is 6.07. The number of carbonyl (C=O) groups excluding carboxylic acids is 5. The third-order valence-electron chi connectivity index (χ3n) is 6.07. The van der Waals surface area contributed by atoms with E-state index in [1.54, 1.807) is 0 Å². The standard InChI is InChI=1S/C27H30N6O11/c1-15(34)39-14-22-24(41-16(2)35)25(42-17(3)36)26(43-18(4)37)27(44-22)33-11-21(29-31-33)20-10-32(30-28-20)12-23(38)40-13-19-8-6-5-7-9-19/h5-11,22,24-27H,12-14H2,1-4H3/t22-,24-,25+,26+,27+/m0/s1. The van der Waals surface area contributed by atoms with E-state index < -0.39 is 67.1 Å². The zero-order valence-corrected chi connectivity index (χ0v) is 24.2. The molecule has 4 rings (SSSR count). The van der Waals surface area contributed by atoms with Crippen molar-refractivity contribution in [2.45, 2.75) is 71.5 Å². The normalized spacial score (nSPS) is 21.1. The van der Waals surface area contributed by atoms with Gasteiger partial charge in [0.1, 0.15) is 37.3 Å². The van der Waals surface area contributed by atoms with Crippen LogP contribution in [-0.4, -0.2) is 90.9 Å². The second kappa shape index (κ2) is 14.3. The first-order chi connectivity index (χ1) is 21.0. The Labute approximate surface area is 250 Å². The minimum Gasteiger partial charge on any atom is -0.463 e. The summed E-state index contributed by atoms with van der Waals surface area (Å²) in [6.45, 7) is 4.04. The second-order valence-electron chi connectivity index (χ2n) is 9.62. The highest BCUT2D eigenvalue weighted by molar-refractivity contribution is 5.69. The molecule has 0 bridgehead atoms. The summed E-state index contributed by atoms with van der Waals surface area (Å²) in [5, 5.41) is 16.1. The van der Waals surface area contributed by atoms with Crippen molar-refractivity contribution in [3.05, 3.63) is 48.3 Å². The molecule has 0 N–H and O–H groups in total. The summed E-state index contributed by atoms with van der Waals surface area (Å²) >= 11 is 0. The number of hydrogen-bond acceptors (Lipinski definition) is 15. The highest BCUT2D eigenvalue weighted by atomic mass is 16.7. The molecule has 234 valence electrons. The molecule has 3 aromatic rings. The first-order valence-electron chi connectivity index (χ1n) is 13.3. The summed E-state index contributed by atoms with van der Waals surface area (Å²) < 4.78 is 35.1. The van der Waals surface area contributed by atoms with Crippen LogP contribution in [0.2, 0.25) is 0 Å². The molecule has 17 heteroatoms. The Morgan fingerprint density at radius 1 is 0.750 bits per heavy atom. The van der Waals surface area contributed by atoms with Crippen LogP contribution in [0.5, 0.6) is 0 Å². The number of nitrogens with zero attached hydrogens (tertiary/aromatic N) is 6. The van der Waals surface area contributed by atoms with Gasteiger partial charge in [0.25, 0.3) is 0 Å². The maximum absolute atomic E-state index is 12.3. The summed E-state index contributed by atoms with van der Waals surface area (Å²) in [7, 11) is 0. The molecule has 0 saturated carbocycles. The van der Waals surface area contributed by atoms with Crippen LogP contribution in [0.25, 0.3) is 11.4 Å². The average molecular weight is 615 g/mol. The number of benzene rings is 1. The van der Waals surface area contributed by atoms with Crippen molar-refractivity contribution in [1.29, 1.82) is 0 Å². The lowest BCUT2D eigenvalue weighted by molar-refractivity contribution is -0.270. The minimum absolute atomic E-state index is 0.103. The first kappa shape index (κ1) is 31.7. The molecular weight excluding hydrogens is 584 g/mol. The molecule has 44 heavy (non-hydrogen) atoms. The van der Waals surface area contributed by atoms with Crippen LogP contribution >= 0.6 is 0 Å². The molecule has 0 aliphatic carbocycles. The molecule has 2 aromatic heterocycles. The van der Waals surface area contributed by atoms with Gasteiger partial charge in [-0.2, -0.15) is 0 Å². The minimum atomic E-state index is -1.38. The fourth-order valence-electron chi connectivity index (χ4n) is 4.35. The molecule has 1 fully saturated rings. The zero-order valence-electron chi connectivity index (χ0n) is 24.2. The number of rotatable bonds is 11. The lowest BCUT2D eigenvalue weighted by Gasteiger charge is -2.44. The van der Waals surface area contributed by atoms with Gasteiger partial charge in [-0.25, -0.2) is 9.36 Å². The largest absolute Gasteiger partial charge is 0.463 e. The predicted molar refractivity (Wildman–Crippen MR) is 142 cm³/mol. The predicted octanol–water partition coefficient (Wildman–Crippen LogP) is 0.536. The van der Waals surface area contributed by atoms with Crippen molar-refractivity contribution in [3.8, 4) is 11.4 Å². The van der Waals surface area contributed by atoms with Crippen molar-refractivity contribution in [3.63, 3.8) is 0 Å². The molecule has 0 unspecified atom stereocenters. The van der Waals surface area contributed by atoms with Crippen molar-refractivity contribution >= 4 is 29.8 Å². The van der Waals surface area contributed by atoms with Crippen molar-refractivity contribution in [1.82, 2.24) is 30.0 Å². The summed E-state index contributed by atoms with van der Waals surface area (Å²) in [4.78, 5) is 59.9. The van der Waals surface area contributed by atoms with E-state index in [9.17, 15) is 24.0 Å². The van der Waals surface area contributed by atoms with E-state index in [4.69, 9.17) is 28.4 Å². The van der Waals surface area contributed by atoms with Crippen molar-refractivity contribution in [2.24, 2.45) is 0 Å². The maximum Gasteiger partial charge on any atom is 0.328 e. The fraction of sp³-hybridized carbons (Fsp3) is 0.444. The van der Waals surface area contributed by atoms with E-state index in [1.165, 1.54) is 28.7 Å². The molecule has 1 aliphatic rings. The van der Waals surface area contributed by atoms with Crippen LogP contribution in [-0.2, 0) is 65.5 Å². The number of carbonyl (C=O) groups is 5. The molecule has 0 amide bonds. The highest BCUT2D eigenvalue weighted by Gasteiger charge is 2.53. The monoisotopic (exact) mass is 614 g/mol. The lowest BCUT2D eigenvalue weighted by Crippen LogP contribution is -2.60. The highest BCUT2D eigenvalue weighted by Crippen LogP contribution is 2.34. The van der Waals surface area contributed by atoms with Gasteiger partial charge < -0.3 is 28.4 Å². The second-order valence-corrected chi connectivity index (χ2v) is 9.62. The van der Waals surface area contributed by atoms with Crippen LogP contribution in [0.15, 0.2) is 42.7 Å². The van der Waals surface area contributed by atoms with E-state index in [0.717, 1.165) is 26.3 Å². The Balaban J connectivity index is 1.56. The maximum atomic E-state index is 12.3. The van der Waals surface area contributed by atoms with Crippen LogP contribution in [0.3, 0.4) is 0 Å². The van der Waals surface area contributed by atoms with E-state index in [1.807, 2.05) is 30.3 Å². The molecule has 1 aromatic carbocycles. The van der Waals surface area contributed by atoms with Gasteiger partial charge in [-0.15, -0.1) is 10.2 Å². The van der Waals surface area contributed by atoms with Crippen molar-refractivity contribution in [2.75, 3.05) is 6.61 Å². The molecule has 1 saturated heterocycles. The zero-order chi connectivity index (χ0) is 31.8. The number of hydrogen-bond donors (Lipinski definition) is 0. The molecule has 1 aliphatic heterocycles. The van der Waals surface area contributed by atoms with E-state index in [2.05, 4.69) is 20.6 Å². The van der Waals surface area contributed by atoms with E-state index in [0.29, 0.717) is 0 Å². The smallest absolute Gasteiger partial charge is 0.328 e. The molecule has 3 heterocycles. The van der Waals surface area contributed by atoms with Gasteiger partial charge in [-0.05, 0) is 5.56 Å². The number of aromatic nitrogens is 6. The summed E-state index contributed by atoms with van der Waals surface area (Å²) in [5.41, 5.74) is 1.26. The first-order valence-corrected chi connectivity index (χ1v) is 13.3. The van der Waals surface area contributed by atoms with Crippen LogP contribution in [0.1, 0.15) is 39.5 Å². The molecule has 0 radical (unpaired) electrons. The summed E-state index contributed by atoms with van der Waals surface area (Å²) in [6.07, 6.45) is -3.69. The lowest BCUT2D eigenvalue weighted by atomic mass is 9.97.